The molecule has 0 amide bonds. The Morgan fingerprint density at radius 3 is 2.07 bits per heavy atom. The molecule has 0 aliphatic rings. The molecule has 0 aliphatic carbocycles. The third-order valence-electron chi connectivity index (χ3n) is 2.71. The highest BCUT2D eigenvalue weighted by Crippen LogP contribution is 2.23. The lowest BCUT2D eigenvalue weighted by Gasteiger charge is -2.14. The van der Waals surface area contributed by atoms with E-state index in [1.807, 2.05) is 11.8 Å². The Kier molecular flexibility index (Phi) is 5.20. The molecule has 0 spiro atoms. The third kappa shape index (κ3) is 4.27. The largest absolute Gasteiger partial charge is 0.326 e. The summed E-state index contributed by atoms with van der Waals surface area (Å²) in [5, 5.41) is 0.721. The molecule has 0 aromatic heterocycles. The van der Waals surface area contributed by atoms with Crippen LogP contribution in [0.25, 0.3) is 0 Å². The van der Waals surface area contributed by atoms with Crippen molar-refractivity contribution in [1.29, 1.82) is 0 Å². The normalized spacial score (nSPS) is 13.1. The highest BCUT2D eigenvalue weighted by atomic mass is 32.2. The van der Waals surface area contributed by atoms with Gasteiger partial charge in [0.1, 0.15) is 0 Å². The molecule has 0 radical (unpaired) electrons. The molecule has 0 fully saturated rings. The van der Waals surface area contributed by atoms with Crippen molar-refractivity contribution in [3.05, 3.63) is 35.4 Å². The average Bonchev–Trinajstić information content (AvgIpc) is 2.26. The number of thioether (sulfide) groups is 1. The predicted molar refractivity (Wildman–Crippen MR) is 69.9 cm³/mol. The average molecular weight is 223 g/mol. The van der Waals surface area contributed by atoms with Crippen LogP contribution in [-0.4, -0.2) is 5.25 Å². The van der Waals surface area contributed by atoms with E-state index < -0.39 is 0 Å². The van der Waals surface area contributed by atoms with E-state index in [0.717, 1.165) is 16.9 Å². The molecule has 1 unspecified atom stereocenters. The Morgan fingerprint density at radius 2 is 1.60 bits per heavy atom. The maximum absolute atomic E-state index is 5.56. The second kappa shape index (κ2) is 6.19. The van der Waals surface area contributed by atoms with Gasteiger partial charge in [-0.1, -0.05) is 45.0 Å². The fourth-order valence-corrected chi connectivity index (χ4v) is 2.22. The minimum atomic E-state index is 0.635. The number of rotatable bonds is 5. The van der Waals surface area contributed by atoms with Crippen LogP contribution in [-0.2, 0) is 12.3 Å². The van der Waals surface area contributed by atoms with Crippen LogP contribution >= 0.6 is 11.8 Å². The lowest BCUT2D eigenvalue weighted by Crippen LogP contribution is -2.05. The van der Waals surface area contributed by atoms with Gasteiger partial charge in [0.15, 0.2) is 0 Å². The number of hydrogen-bond donors (Lipinski definition) is 1. The van der Waals surface area contributed by atoms with Crippen molar-refractivity contribution in [2.75, 3.05) is 0 Å². The molecule has 1 rings (SSSR count). The summed E-state index contributed by atoms with van der Waals surface area (Å²) in [5.41, 5.74) is 8.16. The summed E-state index contributed by atoms with van der Waals surface area (Å²) in [4.78, 5) is 0. The van der Waals surface area contributed by atoms with Crippen molar-refractivity contribution in [3.8, 4) is 0 Å². The number of benzene rings is 1. The van der Waals surface area contributed by atoms with Gasteiger partial charge in [0.2, 0.25) is 0 Å². The van der Waals surface area contributed by atoms with Gasteiger partial charge in [0, 0.05) is 17.5 Å². The fraction of sp³-hybridized carbons (Fsp3) is 0.538. The van der Waals surface area contributed by atoms with E-state index in [-0.39, 0.29) is 0 Å². The van der Waals surface area contributed by atoms with Crippen LogP contribution in [0, 0.1) is 5.92 Å². The van der Waals surface area contributed by atoms with Gasteiger partial charge in [0.25, 0.3) is 0 Å². The van der Waals surface area contributed by atoms with Crippen LogP contribution in [0.1, 0.15) is 31.9 Å². The second-order valence-corrected chi connectivity index (χ2v) is 5.65. The Hall–Kier alpha value is -0.470. The van der Waals surface area contributed by atoms with Crippen molar-refractivity contribution in [2.45, 2.75) is 38.3 Å². The van der Waals surface area contributed by atoms with Gasteiger partial charge < -0.3 is 5.73 Å². The molecular formula is C13H21NS. The van der Waals surface area contributed by atoms with Crippen molar-refractivity contribution >= 4 is 11.8 Å². The first kappa shape index (κ1) is 12.6. The molecule has 0 heterocycles. The number of hydrogen-bond acceptors (Lipinski definition) is 2. The molecule has 0 bridgehead atoms. The van der Waals surface area contributed by atoms with Gasteiger partial charge in [-0.15, -0.1) is 0 Å². The highest BCUT2D eigenvalue weighted by Gasteiger charge is 2.07. The fourth-order valence-electron chi connectivity index (χ4n) is 1.19. The van der Waals surface area contributed by atoms with E-state index in [1.165, 1.54) is 11.1 Å². The lowest BCUT2D eigenvalue weighted by atomic mass is 10.1. The summed E-state index contributed by atoms with van der Waals surface area (Å²) in [6.07, 6.45) is 0. The molecule has 0 saturated carbocycles. The zero-order valence-corrected chi connectivity index (χ0v) is 10.7. The van der Waals surface area contributed by atoms with Crippen LogP contribution in [0.4, 0.5) is 0 Å². The molecule has 0 saturated heterocycles. The first-order valence-corrected chi connectivity index (χ1v) is 6.58. The van der Waals surface area contributed by atoms with Crippen molar-refractivity contribution in [3.63, 3.8) is 0 Å². The molecular weight excluding hydrogens is 202 g/mol. The van der Waals surface area contributed by atoms with Crippen LogP contribution in [0.2, 0.25) is 0 Å². The molecule has 84 valence electrons. The zero-order valence-electron chi connectivity index (χ0n) is 9.86. The monoisotopic (exact) mass is 223 g/mol. The minimum absolute atomic E-state index is 0.635. The van der Waals surface area contributed by atoms with Gasteiger partial charge in [-0.3, -0.25) is 0 Å². The standard InChI is InChI=1S/C13H21NS/c1-10(2)11(3)15-9-13-6-4-12(8-14)5-7-13/h4-7,10-11H,8-9,14H2,1-3H3. The minimum Gasteiger partial charge on any atom is -0.326 e. The first-order chi connectivity index (χ1) is 7.13. The van der Waals surface area contributed by atoms with Gasteiger partial charge in [0.05, 0.1) is 0 Å². The van der Waals surface area contributed by atoms with Crippen LogP contribution in [0.3, 0.4) is 0 Å². The molecule has 1 aromatic rings. The maximum atomic E-state index is 5.56. The number of nitrogens with two attached hydrogens (primary N) is 1. The van der Waals surface area contributed by atoms with E-state index in [9.17, 15) is 0 Å². The second-order valence-electron chi connectivity index (χ2n) is 4.28. The summed E-state index contributed by atoms with van der Waals surface area (Å²) < 4.78 is 0. The van der Waals surface area contributed by atoms with E-state index in [4.69, 9.17) is 5.73 Å². The van der Waals surface area contributed by atoms with E-state index in [0.29, 0.717) is 6.54 Å². The first-order valence-electron chi connectivity index (χ1n) is 5.53. The van der Waals surface area contributed by atoms with Gasteiger partial charge in [-0.2, -0.15) is 11.8 Å². The topological polar surface area (TPSA) is 26.0 Å². The van der Waals surface area contributed by atoms with Crippen LogP contribution in [0.15, 0.2) is 24.3 Å². The Labute approximate surface area is 97.4 Å². The summed E-state index contributed by atoms with van der Waals surface area (Å²) >= 11 is 2.02. The summed E-state index contributed by atoms with van der Waals surface area (Å²) in [7, 11) is 0. The molecule has 1 nitrogen and oxygen atoms in total. The molecule has 15 heavy (non-hydrogen) atoms. The van der Waals surface area contributed by atoms with Crippen molar-refractivity contribution < 1.29 is 0 Å². The van der Waals surface area contributed by atoms with Crippen LogP contribution < -0.4 is 5.73 Å². The maximum Gasteiger partial charge on any atom is 0.0187 e. The SMILES string of the molecule is CC(C)C(C)SCc1ccc(CN)cc1. The molecule has 1 atom stereocenters. The van der Waals surface area contributed by atoms with Gasteiger partial charge in [-0.05, 0) is 17.0 Å². The Balaban J connectivity index is 2.44. The smallest absolute Gasteiger partial charge is 0.0187 e. The van der Waals surface area contributed by atoms with E-state index in [1.54, 1.807) is 0 Å². The summed E-state index contributed by atoms with van der Waals surface area (Å²) in [5.74, 6) is 1.85. The molecule has 1 aromatic carbocycles. The Bertz CT molecular complexity index is 279. The van der Waals surface area contributed by atoms with Crippen LogP contribution in [0.5, 0.6) is 0 Å². The lowest BCUT2D eigenvalue weighted by molar-refractivity contribution is 0.642. The molecule has 2 N–H and O–H groups in total. The highest BCUT2D eigenvalue weighted by molar-refractivity contribution is 7.99. The quantitative estimate of drug-likeness (QED) is 0.827. The predicted octanol–water partition coefficient (Wildman–Crippen LogP) is 3.42. The van der Waals surface area contributed by atoms with Gasteiger partial charge in [-0.25, -0.2) is 0 Å². The van der Waals surface area contributed by atoms with E-state index >= 15 is 0 Å². The van der Waals surface area contributed by atoms with Crippen molar-refractivity contribution in [2.24, 2.45) is 11.7 Å². The van der Waals surface area contributed by atoms with Crippen molar-refractivity contribution in [1.82, 2.24) is 0 Å². The summed E-state index contributed by atoms with van der Waals surface area (Å²) in [6.45, 7) is 7.48. The summed E-state index contributed by atoms with van der Waals surface area (Å²) in [6, 6.07) is 8.61. The Morgan fingerprint density at radius 1 is 1.07 bits per heavy atom. The molecule has 2 heteroatoms. The van der Waals surface area contributed by atoms with Gasteiger partial charge >= 0.3 is 0 Å². The zero-order chi connectivity index (χ0) is 11.3. The molecule has 0 aliphatic heterocycles. The van der Waals surface area contributed by atoms with E-state index in [2.05, 4.69) is 45.0 Å². The third-order valence-corrected chi connectivity index (χ3v) is 4.28.